The molecule has 1 aliphatic carbocycles. The third-order valence-corrected chi connectivity index (χ3v) is 5.41. The van der Waals surface area contributed by atoms with Crippen LogP contribution in [0.1, 0.15) is 6.42 Å². The first-order valence-electron chi connectivity index (χ1n) is 8.97. The number of fused-ring (bicyclic) bond motifs is 5. The highest BCUT2D eigenvalue weighted by molar-refractivity contribution is 6.14. The fourth-order valence-corrected chi connectivity index (χ4v) is 4.22. The number of rotatable bonds is 1. The molecule has 122 valence electrons. The topological polar surface area (TPSA) is 28.1 Å². The molecule has 3 aromatic carbocycles. The summed E-state index contributed by atoms with van der Waals surface area (Å²) < 4.78 is 0. The highest BCUT2D eigenvalue weighted by Crippen LogP contribution is 2.34. The molecular weight excluding hydrogens is 316 g/mol. The Bertz CT molecular complexity index is 1380. The van der Waals surface area contributed by atoms with Crippen LogP contribution in [0.25, 0.3) is 38.5 Å². The van der Waals surface area contributed by atoms with E-state index in [4.69, 9.17) is 4.99 Å². The molecule has 4 aromatic rings. The summed E-state index contributed by atoms with van der Waals surface area (Å²) in [6.45, 7) is 0. The second-order valence-corrected chi connectivity index (χ2v) is 6.91. The Labute approximate surface area is 150 Å². The minimum Gasteiger partial charge on any atom is -0.354 e. The SMILES string of the molecule is C1=CCC2=c3cc4[nH]c5cccc(-c6ccccc6)c5c4cc3=NC2=C1. The average molecular weight is 332 g/mol. The Morgan fingerprint density at radius 2 is 1.81 bits per heavy atom. The van der Waals surface area contributed by atoms with Gasteiger partial charge in [0.2, 0.25) is 0 Å². The van der Waals surface area contributed by atoms with Gasteiger partial charge in [-0.15, -0.1) is 0 Å². The summed E-state index contributed by atoms with van der Waals surface area (Å²) in [7, 11) is 0. The van der Waals surface area contributed by atoms with Gasteiger partial charge < -0.3 is 4.98 Å². The number of H-pyrrole nitrogens is 1. The summed E-state index contributed by atoms with van der Waals surface area (Å²) in [4.78, 5) is 8.49. The number of hydrogen-bond donors (Lipinski definition) is 1. The molecule has 2 aliphatic rings. The maximum atomic E-state index is 4.87. The highest BCUT2D eigenvalue weighted by Gasteiger charge is 2.16. The van der Waals surface area contributed by atoms with Crippen molar-refractivity contribution in [1.82, 2.24) is 4.98 Å². The molecule has 1 aliphatic heterocycles. The fourth-order valence-electron chi connectivity index (χ4n) is 4.22. The highest BCUT2D eigenvalue weighted by atomic mass is 14.8. The van der Waals surface area contributed by atoms with Crippen molar-refractivity contribution in [3.05, 3.63) is 95.2 Å². The number of aromatic nitrogens is 1. The molecule has 0 radical (unpaired) electrons. The molecule has 1 aromatic heterocycles. The van der Waals surface area contributed by atoms with Crippen molar-refractivity contribution in [2.75, 3.05) is 0 Å². The summed E-state index contributed by atoms with van der Waals surface area (Å²) in [5.74, 6) is 0. The molecular formula is C24H16N2. The van der Waals surface area contributed by atoms with Crippen LogP contribution < -0.4 is 10.6 Å². The fraction of sp³-hybridized carbons (Fsp3) is 0.0417. The number of hydrogen-bond acceptors (Lipinski definition) is 1. The molecule has 0 fully saturated rings. The zero-order chi connectivity index (χ0) is 17.1. The number of aromatic amines is 1. The minimum atomic E-state index is 0.962. The van der Waals surface area contributed by atoms with Crippen LogP contribution in [0.4, 0.5) is 0 Å². The van der Waals surface area contributed by atoms with E-state index in [2.05, 4.69) is 83.9 Å². The van der Waals surface area contributed by atoms with Gasteiger partial charge in [0.25, 0.3) is 0 Å². The molecule has 0 atom stereocenters. The quantitative estimate of drug-likeness (QED) is 0.527. The standard InChI is InChI=1S/C24H16N2/c1-2-7-15(8-3-1)16-10-6-12-21-24(16)19-14-22-18(13-23(19)26-21)17-9-4-5-11-20(17)25-22/h1-8,10-14,26H,9H2. The normalized spacial score (nSPS) is 15.1. The largest absolute Gasteiger partial charge is 0.354 e. The molecule has 2 heterocycles. The lowest BCUT2D eigenvalue weighted by Crippen LogP contribution is -2.22. The van der Waals surface area contributed by atoms with Crippen molar-refractivity contribution in [2.45, 2.75) is 6.42 Å². The maximum Gasteiger partial charge on any atom is 0.0720 e. The number of nitrogens with zero attached hydrogens (tertiary/aromatic N) is 1. The molecule has 0 spiro atoms. The molecule has 0 saturated carbocycles. The van der Waals surface area contributed by atoms with Crippen LogP contribution >= 0.6 is 0 Å². The summed E-state index contributed by atoms with van der Waals surface area (Å²) in [6.07, 6.45) is 7.37. The van der Waals surface area contributed by atoms with Crippen LogP contribution in [0, 0.1) is 0 Å². The summed E-state index contributed by atoms with van der Waals surface area (Å²) >= 11 is 0. The van der Waals surface area contributed by atoms with E-state index in [1.807, 2.05) is 0 Å². The van der Waals surface area contributed by atoms with Crippen molar-refractivity contribution >= 4 is 27.4 Å². The van der Waals surface area contributed by atoms with Gasteiger partial charge in [-0.05, 0) is 47.4 Å². The minimum absolute atomic E-state index is 0.962. The Morgan fingerprint density at radius 3 is 2.73 bits per heavy atom. The maximum absolute atomic E-state index is 4.87. The molecule has 0 amide bonds. The van der Waals surface area contributed by atoms with E-state index in [1.165, 1.54) is 43.7 Å². The van der Waals surface area contributed by atoms with E-state index < -0.39 is 0 Å². The predicted octanol–water partition coefficient (Wildman–Crippen LogP) is 4.62. The summed E-state index contributed by atoms with van der Waals surface area (Å²) in [5.41, 5.74) is 7.31. The van der Waals surface area contributed by atoms with Crippen molar-refractivity contribution in [1.29, 1.82) is 0 Å². The predicted molar refractivity (Wildman–Crippen MR) is 107 cm³/mol. The van der Waals surface area contributed by atoms with Crippen LogP contribution in [0.15, 0.2) is 89.6 Å². The number of allylic oxidation sites excluding steroid dienone is 4. The molecule has 6 rings (SSSR count). The van der Waals surface area contributed by atoms with Gasteiger partial charge in [-0.2, -0.15) is 0 Å². The first kappa shape index (κ1) is 13.9. The van der Waals surface area contributed by atoms with Crippen molar-refractivity contribution in [3.8, 4) is 11.1 Å². The molecule has 2 nitrogen and oxygen atoms in total. The summed E-state index contributed by atoms with van der Waals surface area (Å²) in [5, 5.41) is 4.88. The number of nitrogens with one attached hydrogen (secondary N) is 1. The smallest absolute Gasteiger partial charge is 0.0720 e. The number of benzene rings is 3. The monoisotopic (exact) mass is 332 g/mol. The van der Waals surface area contributed by atoms with Gasteiger partial charge in [-0.3, -0.25) is 0 Å². The first-order chi connectivity index (χ1) is 12.9. The molecule has 2 heteroatoms. The van der Waals surface area contributed by atoms with E-state index in [9.17, 15) is 0 Å². The molecule has 0 saturated heterocycles. The lowest BCUT2D eigenvalue weighted by Gasteiger charge is -2.04. The van der Waals surface area contributed by atoms with Gasteiger partial charge in [0.1, 0.15) is 0 Å². The molecule has 0 unspecified atom stereocenters. The van der Waals surface area contributed by atoms with Gasteiger partial charge in [0, 0.05) is 27.0 Å². The summed E-state index contributed by atoms with van der Waals surface area (Å²) in [6, 6.07) is 21.6. The molecule has 1 N–H and O–H groups in total. The van der Waals surface area contributed by atoms with Crippen LogP contribution in [0.3, 0.4) is 0 Å². The first-order valence-corrected chi connectivity index (χ1v) is 8.97. The second kappa shape index (κ2) is 5.06. The van der Waals surface area contributed by atoms with Crippen LogP contribution in [-0.2, 0) is 0 Å². The van der Waals surface area contributed by atoms with E-state index in [0.29, 0.717) is 0 Å². The van der Waals surface area contributed by atoms with E-state index in [1.54, 1.807) is 0 Å². The average Bonchev–Trinajstić information content (AvgIpc) is 3.24. The van der Waals surface area contributed by atoms with E-state index >= 15 is 0 Å². The third-order valence-electron chi connectivity index (χ3n) is 5.41. The second-order valence-electron chi connectivity index (χ2n) is 6.91. The zero-order valence-electron chi connectivity index (χ0n) is 14.2. The Kier molecular flexibility index (Phi) is 2.69. The van der Waals surface area contributed by atoms with Gasteiger partial charge in [0.15, 0.2) is 0 Å². The van der Waals surface area contributed by atoms with Crippen LogP contribution in [-0.4, -0.2) is 4.98 Å². The van der Waals surface area contributed by atoms with Gasteiger partial charge in [-0.25, -0.2) is 4.99 Å². The van der Waals surface area contributed by atoms with Gasteiger partial charge in [-0.1, -0.05) is 54.6 Å². The lowest BCUT2D eigenvalue weighted by atomic mass is 9.98. The zero-order valence-corrected chi connectivity index (χ0v) is 14.2. The van der Waals surface area contributed by atoms with E-state index in [0.717, 1.165) is 17.5 Å². The molecule has 26 heavy (non-hydrogen) atoms. The van der Waals surface area contributed by atoms with Crippen LogP contribution in [0.5, 0.6) is 0 Å². The van der Waals surface area contributed by atoms with Crippen molar-refractivity contribution in [3.63, 3.8) is 0 Å². The lowest BCUT2D eigenvalue weighted by molar-refractivity contribution is 1.28. The van der Waals surface area contributed by atoms with Gasteiger partial charge in [0.05, 0.1) is 11.1 Å². The Balaban J connectivity index is 1.74. The van der Waals surface area contributed by atoms with Crippen molar-refractivity contribution in [2.24, 2.45) is 4.99 Å². The molecule has 0 bridgehead atoms. The Hall–Kier alpha value is -3.39. The van der Waals surface area contributed by atoms with Gasteiger partial charge >= 0.3 is 0 Å². The van der Waals surface area contributed by atoms with Crippen molar-refractivity contribution < 1.29 is 0 Å². The Morgan fingerprint density at radius 1 is 0.885 bits per heavy atom. The third kappa shape index (κ3) is 1.84. The van der Waals surface area contributed by atoms with Crippen LogP contribution in [0.2, 0.25) is 0 Å². The van der Waals surface area contributed by atoms with E-state index in [-0.39, 0.29) is 0 Å².